The van der Waals surface area contributed by atoms with Gasteiger partial charge in [0.15, 0.2) is 11.5 Å². The van der Waals surface area contributed by atoms with E-state index in [4.69, 9.17) is 9.47 Å². The van der Waals surface area contributed by atoms with E-state index in [0.717, 1.165) is 23.8 Å². The summed E-state index contributed by atoms with van der Waals surface area (Å²) in [6.45, 7) is 8.30. The van der Waals surface area contributed by atoms with E-state index >= 15 is 0 Å². The van der Waals surface area contributed by atoms with Crippen LogP contribution in [0.1, 0.15) is 57.6 Å². The number of anilines is 1. The third-order valence-electron chi connectivity index (χ3n) is 6.62. The highest BCUT2D eigenvalue weighted by Crippen LogP contribution is 2.36. The summed E-state index contributed by atoms with van der Waals surface area (Å²) in [7, 11) is -3.61. The smallest absolute Gasteiger partial charge is 0.243 e. The zero-order chi connectivity index (χ0) is 27.9. The van der Waals surface area contributed by atoms with Gasteiger partial charge in [-0.25, -0.2) is 8.42 Å². The molecule has 2 aromatic carbocycles. The van der Waals surface area contributed by atoms with Gasteiger partial charge in [-0.15, -0.1) is 0 Å². The van der Waals surface area contributed by atoms with Crippen LogP contribution in [0, 0.1) is 6.92 Å². The van der Waals surface area contributed by atoms with Gasteiger partial charge in [0.1, 0.15) is 6.04 Å². The van der Waals surface area contributed by atoms with Gasteiger partial charge in [-0.1, -0.05) is 43.7 Å². The van der Waals surface area contributed by atoms with Gasteiger partial charge < -0.3 is 19.7 Å². The van der Waals surface area contributed by atoms with Gasteiger partial charge in [0, 0.05) is 31.6 Å². The normalized spacial score (nSPS) is 14.0. The summed E-state index contributed by atoms with van der Waals surface area (Å²) in [5, 5.41) is 3.01. The number of benzene rings is 2. The number of fused-ring (bicyclic) bond motifs is 1. The Bertz CT molecular complexity index is 1230. The Hall–Kier alpha value is -3.27. The summed E-state index contributed by atoms with van der Waals surface area (Å²) in [6, 6.07) is 12.2. The van der Waals surface area contributed by atoms with Crippen molar-refractivity contribution in [3.63, 3.8) is 0 Å². The van der Waals surface area contributed by atoms with Crippen LogP contribution in [0.15, 0.2) is 42.5 Å². The van der Waals surface area contributed by atoms with E-state index in [2.05, 4.69) is 5.32 Å². The van der Waals surface area contributed by atoms with Crippen molar-refractivity contribution in [1.29, 1.82) is 0 Å². The van der Waals surface area contributed by atoms with Crippen LogP contribution in [0.2, 0.25) is 0 Å². The standard InChI is InChI=1S/C28H39N3O6S/c1-6-21(4)29-28(33)24(7-2)30(18-22-11-8-10-20(3)16-22)27(32)12-9-15-31(38(5,34)35)23-13-14-25-26(17-23)37-19-36-25/h8,10-11,13-14,16-17,21,24H,6-7,9,12,15,18-19H2,1-5H3,(H,29,33)/t21-,24-/m1/s1. The lowest BCUT2D eigenvalue weighted by atomic mass is 10.1. The minimum atomic E-state index is -3.61. The Morgan fingerprint density at radius 3 is 2.45 bits per heavy atom. The number of carbonyl (C=O) groups is 2. The monoisotopic (exact) mass is 545 g/mol. The van der Waals surface area contributed by atoms with E-state index in [0.29, 0.717) is 30.2 Å². The van der Waals surface area contributed by atoms with Crippen LogP contribution in [0.25, 0.3) is 0 Å². The number of carbonyl (C=O) groups excluding carboxylic acids is 2. The first-order valence-electron chi connectivity index (χ1n) is 13.1. The third-order valence-corrected chi connectivity index (χ3v) is 7.81. The molecular weight excluding hydrogens is 506 g/mol. The van der Waals surface area contributed by atoms with Crippen LogP contribution >= 0.6 is 0 Å². The van der Waals surface area contributed by atoms with Crippen molar-refractivity contribution in [2.24, 2.45) is 0 Å². The molecule has 9 nitrogen and oxygen atoms in total. The second-order valence-electron chi connectivity index (χ2n) is 9.73. The molecule has 10 heteroatoms. The van der Waals surface area contributed by atoms with Crippen molar-refractivity contribution in [2.75, 3.05) is 23.9 Å². The fourth-order valence-electron chi connectivity index (χ4n) is 4.41. The molecule has 1 heterocycles. The fourth-order valence-corrected chi connectivity index (χ4v) is 5.37. The van der Waals surface area contributed by atoms with Crippen molar-refractivity contribution in [3.05, 3.63) is 53.6 Å². The highest BCUT2D eigenvalue weighted by Gasteiger charge is 2.29. The summed E-state index contributed by atoms with van der Waals surface area (Å²) in [5.74, 6) is 0.665. The molecule has 1 aliphatic rings. The first-order chi connectivity index (χ1) is 18.0. The van der Waals surface area contributed by atoms with Gasteiger partial charge in [-0.05, 0) is 50.8 Å². The topological polar surface area (TPSA) is 105 Å². The maximum atomic E-state index is 13.6. The van der Waals surface area contributed by atoms with E-state index in [1.807, 2.05) is 52.0 Å². The Morgan fingerprint density at radius 2 is 1.79 bits per heavy atom. The predicted molar refractivity (Wildman–Crippen MR) is 148 cm³/mol. The summed E-state index contributed by atoms with van der Waals surface area (Å²) in [6.07, 6.45) is 2.76. The maximum absolute atomic E-state index is 13.6. The number of sulfonamides is 1. The Balaban J connectivity index is 1.77. The number of ether oxygens (including phenoxy) is 2. The largest absolute Gasteiger partial charge is 0.454 e. The molecule has 2 aromatic rings. The SMILES string of the molecule is CC[C@@H](C)NC(=O)[C@@H](CC)N(Cc1cccc(C)c1)C(=O)CCCN(c1ccc2c(c1)OCO2)S(C)(=O)=O. The Kier molecular flexibility index (Phi) is 10.0. The maximum Gasteiger partial charge on any atom is 0.243 e. The number of nitrogens with one attached hydrogen (secondary N) is 1. The number of hydrogen-bond acceptors (Lipinski definition) is 6. The van der Waals surface area contributed by atoms with Crippen LogP contribution in [-0.4, -0.2) is 56.8 Å². The molecule has 38 heavy (non-hydrogen) atoms. The summed E-state index contributed by atoms with van der Waals surface area (Å²) >= 11 is 0. The van der Waals surface area contributed by atoms with Crippen molar-refractivity contribution >= 4 is 27.5 Å². The average Bonchev–Trinajstić information content (AvgIpc) is 3.33. The molecule has 0 radical (unpaired) electrons. The summed E-state index contributed by atoms with van der Waals surface area (Å²) in [5.41, 5.74) is 2.45. The van der Waals surface area contributed by atoms with Crippen molar-refractivity contribution < 1.29 is 27.5 Å². The predicted octanol–water partition coefficient (Wildman–Crippen LogP) is 3.99. The van der Waals surface area contributed by atoms with Gasteiger partial charge in [0.2, 0.25) is 28.6 Å². The van der Waals surface area contributed by atoms with Crippen molar-refractivity contribution in [1.82, 2.24) is 10.2 Å². The van der Waals surface area contributed by atoms with Gasteiger partial charge in [0.05, 0.1) is 11.9 Å². The molecule has 1 aliphatic heterocycles. The summed E-state index contributed by atoms with van der Waals surface area (Å²) in [4.78, 5) is 28.3. The van der Waals surface area contributed by atoms with Crippen LogP contribution in [0.4, 0.5) is 5.69 Å². The van der Waals surface area contributed by atoms with Crippen molar-refractivity contribution in [3.8, 4) is 11.5 Å². The number of aryl methyl sites for hydroxylation is 1. The lowest BCUT2D eigenvalue weighted by molar-refractivity contribution is -0.141. The first kappa shape index (κ1) is 29.3. The minimum absolute atomic E-state index is 0.00232. The zero-order valence-electron chi connectivity index (χ0n) is 22.9. The molecule has 0 fully saturated rings. The van der Waals surface area contributed by atoms with E-state index in [1.165, 1.54) is 4.31 Å². The van der Waals surface area contributed by atoms with Crippen LogP contribution < -0.4 is 19.1 Å². The number of rotatable bonds is 13. The molecule has 2 atom stereocenters. The highest BCUT2D eigenvalue weighted by molar-refractivity contribution is 7.92. The zero-order valence-corrected chi connectivity index (χ0v) is 23.7. The molecule has 1 N–H and O–H groups in total. The lowest BCUT2D eigenvalue weighted by Gasteiger charge is -2.32. The fraction of sp³-hybridized carbons (Fsp3) is 0.500. The van der Waals surface area contributed by atoms with Crippen LogP contribution in [-0.2, 0) is 26.2 Å². The number of hydrogen-bond donors (Lipinski definition) is 1. The Morgan fingerprint density at radius 1 is 1.05 bits per heavy atom. The van der Waals surface area contributed by atoms with Crippen LogP contribution in [0.5, 0.6) is 11.5 Å². The quantitative estimate of drug-likeness (QED) is 0.408. The molecule has 0 unspecified atom stereocenters. The van der Waals surface area contributed by atoms with E-state index < -0.39 is 16.1 Å². The molecule has 3 rings (SSSR count). The second kappa shape index (κ2) is 13.0. The van der Waals surface area contributed by atoms with Gasteiger partial charge in [0.25, 0.3) is 0 Å². The van der Waals surface area contributed by atoms with E-state index in [-0.39, 0.29) is 44.0 Å². The average molecular weight is 546 g/mol. The molecule has 208 valence electrons. The molecule has 0 aliphatic carbocycles. The highest BCUT2D eigenvalue weighted by atomic mass is 32.2. The Labute approximate surface area is 226 Å². The van der Waals surface area contributed by atoms with Gasteiger partial charge in [-0.3, -0.25) is 13.9 Å². The summed E-state index contributed by atoms with van der Waals surface area (Å²) < 4.78 is 37.2. The molecule has 0 aromatic heterocycles. The molecule has 0 saturated heterocycles. The number of amides is 2. The molecule has 0 spiro atoms. The minimum Gasteiger partial charge on any atom is -0.454 e. The molecular formula is C28H39N3O6S. The molecule has 2 amide bonds. The first-order valence-corrected chi connectivity index (χ1v) is 14.9. The van der Waals surface area contributed by atoms with Crippen LogP contribution in [0.3, 0.4) is 0 Å². The van der Waals surface area contributed by atoms with E-state index in [9.17, 15) is 18.0 Å². The number of nitrogens with zero attached hydrogens (tertiary/aromatic N) is 2. The second-order valence-corrected chi connectivity index (χ2v) is 11.6. The van der Waals surface area contributed by atoms with Gasteiger partial charge in [-0.2, -0.15) is 0 Å². The molecule has 0 saturated carbocycles. The third kappa shape index (κ3) is 7.63. The van der Waals surface area contributed by atoms with Crippen molar-refractivity contribution in [2.45, 2.75) is 72.0 Å². The van der Waals surface area contributed by atoms with Gasteiger partial charge >= 0.3 is 0 Å². The lowest BCUT2D eigenvalue weighted by Crippen LogP contribution is -2.50. The van der Waals surface area contributed by atoms with E-state index in [1.54, 1.807) is 23.1 Å². The molecule has 0 bridgehead atoms.